The highest BCUT2D eigenvalue weighted by Crippen LogP contribution is 2.38. The highest BCUT2D eigenvalue weighted by molar-refractivity contribution is 6.01. The molecule has 0 fully saturated rings. The van der Waals surface area contributed by atoms with Gasteiger partial charge in [-0.25, -0.2) is 19.9 Å². The number of rotatable bonds is 7. The second-order valence-electron chi connectivity index (χ2n) is 14.4. The molecule has 8 N–H and O–H groups in total. The molecule has 8 rings (SSSR count). The largest absolute Gasteiger partial charge is 0.457 e. The average Bonchev–Trinajstić information content (AvgIpc) is 3.76. The van der Waals surface area contributed by atoms with Gasteiger partial charge in [-0.3, -0.25) is 0 Å². The van der Waals surface area contributed by atoms with E-state index in [1.807, 2.05) is 91.0 Å². The highest BCUT2D eigenvalue weighted by atomic mass is 16.5. The summed E-state index contributed by atoms with van der Waals surface area (Å²) in [6.45, 7) is 10.6. The summed E-state index contributed by atoms with van der Waals surface area (Å²) >= 11 is 0. The van der Waals surface area contributed by atoms with Gasteiger partial charge in [-0.15, -0.1) is 0 Å². The van der Waals surface area contributed by atoms with Gasteiger partial charge in [0.2, 0.25) is 0 Å². The number of nitrogens with zero attached hydrogens (tertiary/aromatic N) is 6. The Kier molecular flexibility index (Phi) is 9.73. The fourth-order valence-electron chi connectivity index (χ4n) is 6.36. The summed E-state index contributed by atoms with van der Waals surface area (Å²) < 4.78 is 16.0. The lowest BCUT2D eigenvalue weighted by Crippen LogP contribution is -2.21. The SMILES string of the molecule is CC(C)(C)n1cc(-c2ccc(Oc3cccc(N)c3)cc2)c2c(N)ncnc21.CC(C)n1cc(-c2ccc(Oc3ccccc3N)cc2)c2c(N)ncnc21. The lowest BCUT2D eigenvalue weighted by molar-refractivity contribution is 0.408. The molecule has 4 heterocycles. The molecule has 0 amide bonds. The minimum atomic E-state index is -0.131. The van der Waals surface area contributed by atoms with Crippen LogP contribution in [0.4, 0.5) is 23.0 Å². The van der Waals surface area contributed by atoms with Gasteiger partial charge in [0.15, 0.2) is 0 Å². The maximum absolute atomic E-state index is 6.20. The van der Waals surface area contributed by atoms with E-state index in [0.29, 0.717) is 40.3 Å². The van der Waals surface area contributed by atoms with Gasteiger partial charge in [-0.2, -0.15) is 0 Å². The minimum Gasteiger partial charge on any atom is -0.457 e. The summed E-state index contributed by atoms with van der Waals surface area (Å²) in [6.07, 6.45) is 7.17. The molecule has 0 aliphatic rings. The number of hydrogen-bond donors (Lipinski definition) is 4. The summed E-state index contributed by atoms with van der Waals surface area (Å²) in [5.41, 5.74) is 31.0. The van der Waals surface area contributed by atoms with Gasteiger partial charge < -0.3 is 41.5 Å². The molecule has 0 radical (unpaired) electrons. The first-order valence-corrected chi connectivity index (χ1v) is 17.9. The molecule has 12 nitrogen and oxygen atoms in total. The number of anilines is 4. The van der Waals surface area contributed by atoms with E-state index in [1.165, 1.54) is 12.7 Å². The van der Waals surface area contributed by atoms with Crippen molar-refractivity contribution >= 4 is 45.1 Å². The Morgan fingerprint density at radius 1 is 0.582 bits per heavy atom. The summed E-state index contributed by atoms with van der Waals surface area (Å²) in [6, 6.07) is 30.8. The van der Waals surface area contributed by atoms with Crippen LogP contribution >= 0.6 is 0 Å². The zero-order chi connectivity index (χ0) is 38.9. The first-order chi connectivity index (χ1) is 26.4. The normalized spacial score (nSPS) is 11.5. The third-order valence-corrected chi connectivity index (χ3v) is 9.10. The van der Waals surface area contributed by atoms with Crippen LogP contribution in [0.3, 0.4) is 0 Å². The van der Waals surface area contributed by atoms with E-state index >= 15 is 0 Å². The van der Waals surface area contributed by atoms with Crippen molar-refractivity contribution < 1.29 is 9.47 Å². The van der Waals surface area contributed by atoms with Gasteiger partial charge in [-0.05, 0) is 94.3 Å². The first-order valence-electron chi connectivity index (χ1n) is 17.9. The predicted octanol–water partition coefficient (Wildman–Crippen LogP) is 9.45. The number of nitrogens with two attached hydrogens (primary N) is 4. The van der Waals surface area contributed by atoms with E-state index in [4.69, 9.17) is 32.4 Å². The van der Waals surface area contributed by atoms with E-state index in [2.05, 4.69) is 76.1 Å². The second-order valence-corrected chi connectivity index (χ2v) is 14.4. The number of aromatic nitrogens is 6. The van der Waals surface area contributed by atoms with Gasteiger partial charge in [0, 0.05) is 46.9 Å². The van der Waals surface area contributed by atoms with Crippen molar-refractivity contribution in [3.05, 3.63) is 122 Å². The van der Waals surface area contributed by atoms with E-state index < -0.39 is 0 Å². The maximum atomic E-state index is 6.20. The number of para-hydroxylation sites is 2. The van der Waals surface area contributed by atoms with Gasteiger partial charge >= 0.3 is 0 Å². The summed E-state index contributed by atoms with van der Waals surface area (Å²) in [4.78, 5) is 17.2. The molecule has 0 aliphatic heterocycles. The molecule has 0 bridgehead atoms. The molecule has 4 aromatic heterocycles. The minimum absolute atomic E-state index is 0.131. The van der Waals surface area contributed by atoms with E-state index in [1.54, 1.807) is 6.07 Å². The molecule has 0 atom stereocenters. The highest BCUT2D eigenvalue weighted by Gasteiger charge is 2.22. The van der Waals surface area contributed by atoms with Crippen LogP contribution in [0.5, 0.6) is 23.0 Å². The van der Waals surface area contributed by atoms with Crippen LogP contribution in [0.1, 0.15) is 40.7 Å². The van der Waals surface area contributed by atoms with Gasteiger partial charge in [-0.1, -0.05) is 42.5 Å². The lowest BCUT2D eigenvalue weighted by Gasteiger charge is -2.21. The molecule has 12 heteroatoms. The molecule has 8 aromatic rings. The fourth-order valence-corrected chi connectivity index (χ4v) is 6.36. The van der Waals surface area contributed by atoms with Gasteiger partial charge in [0.05, 0.1) is 16.5 Å². The van der Waals surface area contributed by atoms with Crippen LogP contribution in [-0.4, -0.2) is 29.1 Å². The Morgan fingerprint density at radius 3 is 1.73 bits per heavy atom. The van der Waals surface area contributed by atoms with Crippen molar-refractivity contribution in [2.45, 2.75) is 46.2 Å². The number of benzene rings is 4. The molecule has 0 spiro atoms. The maximum Gasteiger partial charge on any atom is 0.150 e. The fraction of sp³-hybridized carbons (Fsp3) is 0.163. The van der Waals surface area contributed by atoms with Crippen molar-refractivity contribution in [2.75, 3.05) is 22.9 Å². The zero-order valence-corrected chi connectivity index (χ0v) is 31.4. The quantitative estimate of drug-likeness (QED) is 0.115. The van der Waals surface area contributed by atoms with E-state index in [0.717, 1.165) is 50.1 Å². The molecule has 278 valence electrons. The van der Waals surface area contributed by atoms with Crippen LogP contribution < -0.4 is 32.4 Å². The Labute approximate surface area is 319 Å². The summed E-state index contributed by atoms with van der Waals surface area (Å²) in [5.74, 6) is 3.75. The van der Waals surface area contributed by atoms with Crippen molar-refractivity contribution in [3.63, 3.8) is 0 Å². The second kappa shape index (κ2) is 14.7. The molecule has 0 aliphatic carbocycles. The topological polar surface area (TPSA) is 184 Å². The average molecular weight is 733 g/mol. The number of nitrogen functional groups attached to an aromatic ring is 4. The molecule has 0 saturated carbocycles. The smallest absolute Gasteiger partial charge is 0.150 e. The van der Waals surface area contributed by atoms with Crippen molar-refractivity contribution in [3.8, 4) is 45.3 Å². The van der Waals surface area contributed by atoms with Crippen LogP contribution in [0.25, 0.3) is 44.3 Å². The van der Waals surface area contributed by atoms with Crippen LogP contribution in [0.2, 0.25) is 0 Å². The number of fused-ring (bicyclic) bond motifs is 2. The Hall–Kier alpha value is -7.08. The number of ether oxygens (including phenoxy) is 2. The van der Waals surface area contributed by atoms with Crippen LogP contribution in [-0.2, 0) is 5.54 Å². The summed E-state index contributed by atoms with van der Waals surface area (Å²) in [7, 11) is 0. The Balaban J connectivity index is 0.000000169. The first kappa shape index (κ1) is 36.3. The van der Waals surface area contributed by atoms with E-state index in [-0.39, 0.29) is 11.6 Å². The molecule has 55 heavy (non-hydrogen) atoms. The van der Waals surface area contributed by atoms with Crippen molar-refractivity contribution in [1.82, 2.24) is 29.1 Å². The van der Waals surface area contributed by atoms with Crippen molar-refractivity contribution in [2.24, 2.45) is 0 Å². The number of hydrogen-bond acceptors (Lipinski definition) is 10. The van der Waals surface area contributed by atoms with Crippen LogP contribution in [0.15, 0.2) is 122 Å². The zero-order valence-electron chi connectivity index (χ0n) is 31.4. The monoisotopic (exact) mass is 732 g/mol. The van der Waals surface area contributed by atoms with Crippen molar-refractivity contribution in [1.29, 1.82) is 0 Å². The Bertz CT molecular complexity index is 2600. The standard InChI is InChI=1S/C22H23N5O.C21H21N5O/c1-22(2,3)27-12-18(19-20(24)25-13-26-21(19)27)14-7-9-16(10-8-14)28-17-6-4-5-15(23)11-17;1-13(2)26-11-16(19-20(23)24-12-25-21(19)26)14-7-9-15(10-8-14)27-18-6-4-3-5-17(18)22/h4-13H,23H2,1-3H3,(H2,24,25,26);3-13H,22H2,1-2H3,(H2,23,24,25). The lowest BCUT2D eigenvalue weighted by atomic mass is 10.1. The molecule has 0 unspecified atom stereocenters. The third kappa shape index (κ3) is 7.56. The predicted molar refractivity (Wildman–Crippen MR) is 222 cm³/mol. The molecule has 0 saturated heterocycles. The molecular formula is C43H44N10O2. The summed E-state index contributed by atoms with van der Waals surface area (Å²) in [5, 5.41) is 1.73. The Morgan fingerprint density at radius 2 is 1.15 bits per heavy atom. The third-order valence-electron chi connectivity index (χ3n) is 9.10. The van der Waals surface area contributed by atoms with Crippen LogP contribution in [0, 0.1) is 0 Å². The van der Waals surface area contributed by atoms with E-state index in [9.17, 15) is 0 Å². The van der Waals surface area contributed by atoms with Gasteiger partial charge in [0.25, 0.3) is 0 Å². The van der Waals surface area contributed by atoms with Gasteiger partial charge in [0.1, 0.15) is 58.6 Å². The molecule has 4 aromatic carbocycles. The molecular weight excluding hydrogens is 689 g/mol.